The van der Waals surface area contributed by atoms with Gasteiger partial charge in [0.2, 0.25) is 5.92 Å². The maximum absolute atomic E-state index is 11.1. The summed E-state index contributed by atoms with van der Waals surface area (Å²) in [4.78, 5) is 31.8. The maximum atomic E-state index is 11.1. The van der Waals surface area contributed by atoms with E-state index >= 15 is 0 Å². The summed E-state index contributed by atoms with van der Waals surface area (Å²) in [6.07, 6.45) is 3.92. The molecule has 0 saturated carbocycles. The molecule has 0 aliphatic rings. The minimum absolute atomic E-state index is 0.623. The van der Waals surface area contributed by atoms with Crippen LogP contribution < -0.4 is 0 Å². The molecule has 5 heteroatoms. The zero-order valence-electron chi connectivity index (χ0n) is 7.77. The van der Waals surface area contributed by atoms with E-state index < -0.39 is 23.6 Å². The number of carboxylic acids is 2. The second-order valence-corrected chi connectivity index (χ2v) is 2.70. The van der Waals surface area contributed by atoms with Crippen LogP contribution in [0.4, 0.5) is 0 Å². The molecule has 0 unspecified atom stereocenters. The predicted molar refractivity (Wildman–Crippen MR) is 47.8 cm³/mol. The van der Waals surface area contributed by atoms with Crippen molar-refractivity contribution >= 4 is 17.7 Å². The van der Waals surface area contributed by atoms with Crippen molar-refractivity contribution in [2.75, 3.05) is 0 Å². The van der Waals surface area contributed by atoms with Gasteiger partial charge in [0.15, 0.2) is 5.78 Å². The molecule has 0 aliphatic heterocycles. The molecule has 78 valence electrons. The first kappa shape index (κ1) is 12.3. The van der Waals surface area contributed by atoms with Gasteiger partial charge in [-0.1, -0.05) is 19.4 Å². The Hall–Kier alpha value is -1.65. The van der Waals surface area contributed by atoms with E-state index in [1.807, 2.05) is 6.92 Å². The Bertz CT molecular complexity index is 252. The number of carboxylic acid groups (broad SMARTS) is 2. The number of carbonyl (C=O) groups excluding carboxylic acids is 1. The first-order valence-corrected chi connectivity index (χ1v) is 4.16. The van der Waals surface area contributed by atoms with Crippen molar-refractivity contribution in [1.29, 1.82) is 0 Å². The zero-order chi connectivity index (χ0) is 11.1. The minimum atomic E-state index is -1.98. The van der Waals surface area contributed by atoms with Crippen LogP contribution in [-0.2, 0) is 14.4 Å². The number of unbranched alkanes of at least 4 members (excludes halogenated alkanes) is 1. The van der Waals surface area contributed by atoms with Crippen LogP contribution in [0.3, 0.4) is 0 Å². The normalized spacial score (nSPS) is 10.7. The van der Waals surface area contributed by atoms with Gasteiger partial charge in [0.1, 0.15) is 0 Å². The summed E-state index contributed by atoms with van der Waals surface area (Å²) in [5, 5.41) is 16.9. The van der Waals surface area contributed by atoms with Crippen LogP contribution in [0.15, 0.2) is 12.2 Å². The molecule has 0 spiro atoms. The fourth-order valence-corrected chi connectivity index (χ4v) is 0.811. The van der Waals surface area contributed by atoms with E-state index in [-0.39, 0.29) is 0 Å². The Morgan fingerprint density at radius 3 is 2.07 bits per heavy atom. The SMILES string of the molecule is CCC/C=C/C(=O)C(C(=O)O)C(=O)O. The highest BCUT2D eigenvalue weighted by Crippen LogP contribution is 2.01. The Morgan fingerprint density at radius 1 is 1.21 bits per heavy atom. The molecule has 0 aromatic heterocycles. The van der Waals surface area contributed by atoms with Crippen molar-refractivity contribution in [3.63, 3.8) is 0 Å². The van der Waals surface area contributed by atoms with Crippen LogP contribution in [0.5, 0.6) is 0 Å². The molecule has 0 aromatic rings. The highest BCUT2D eigenvalue weighted by Gasteiger charge is 2.31. The lowest BCUT2D eigenvalue weighted by molar-refractivity contribution is -0.156. The summed E-state index contributed by atoms with van der Waals surface area (Å²) in [6, 6.07) is 0. The molecule has 5 nitrogen and oxygen atoms in total. The lowest BCUT2D eigenvalue weighted by Gasteiger charge is -2.01. The summed E-state index contributed by atoms with van der Waals surface area (Å²) in [7, 11) is 0. The summed E-state index contributed by atoms with van der Waals surface area (Å²) in [5.74, 6) is -6.16. The van der Waals surface area contributed by atoms with E-state index in [1.165, 1.54) is 6.08 Å². The summed E-state index contributed by atoms with van der Waals surface area (Å²) in [5.41, 5.74) is 0. The lowest BCUT2D eigenvalue weighted by Crippen LogP contribution is -2.30. The van der Waals surface area contributed by atoms with Crippen molar-refractivity contribution in [1.82, 2.24) is 0 Å². The molecular formula is C9H12O5. The van der Waals surface area contributed by atoms with Crippen molar-refractivity contribution in [3.8, 4) is 0 Å². The highest BCUT2D eigenvalue weighted by atomic mass is 16.4. The highest BCUT2D eigenvalue weighted by molar-refractivity contribution is 6.17. The molecule has 14 heavy (non-hydrogen) atoms. The number of hydrogen-bond acceptors (Lipinski definition) is 3. The Morgan fingerprint density at radius 2 is 1.71 bits per heavy atom. The van der Waals surface area contributed by atoms with Crippen LogP contribution in [-0.4, -0.2) is 27.9 Å². The largest absolute Gasteiger partial charge is 0.480 e. The maximum Gasteiger partial charge on any atom is 0.325 e. The topological polar surface area (TPSA) is 91.7 Å². The van der Waals surface area contributed by atoms with Gasteiger partial charge in [0.25, 0.3) is 0 Å². The fraction of sp³-hybridized carbons (Fsp3) is 0.444. The molecule has 0 amide bonds. The minimum Gasteiger partial charge on any atom is -0.480 e. The van der Waals surface area contributed by atoms with E-state index in [1.54, 1.807) is 0 Å². The van der Waals surface area contributed by atoms with Crippen molar-refractivity contribution in [2.45, 2.75) is 19.8 Å². The van der Waals surface area contributed by atoms with E-state index in [0.717, 1.165) is 12.5 Å². The van der Waals surface area contributed by atoms with E-state index in [4.69, 9.17) is 10.2 Å². The molecule has 0 atom stereocenters. The number of allylic oxidation sites excluding steroid dienone is 2. The average molecular weight is 200 g/mol. The molecule has 2 N–H and O–H groups in total. The van der Waals surface area contributed by atoms with Gasteiger partial charge in [-0.25, -0.2) is 0 Å². The van der Waals surface area contributed by atoms with E-state index in [9.17, 15) is 14.4 Å². The molecule has 0 fully saturated rings. The van der Waals surface area contributed by atoms with Crippen LogP contribution in [0, 0.1) is 5.92 Å². The molecule has 0 aliphatic carbocycles. The second kappa shape index (κ2) is 5.90. The number of rotatable bonds is 6. The monoisotopic (exact) mass is 200 g/mol. The fourth-order valence-electron chi connectivity index (χ4n) is 0.811. The summed E-state index contributed by atoms with van der Waals surface area (Å²) in [6.45, 7) is 1.89. The van der Waals surface area contributed by atoms with Gasteiger partial charge in [0.05, 0.1) is 0 Å². The van der Waals surface area contributed by atoms with Crippen LogP contribution in [0.1, 0.15) is 19.8 Å². The Balaban J connectivity index is 4.46. The molecule has 0 radical (unpaired) electrons. The Labute approximate surface area is 81.0 Å². The molecule has 0 heterocycles. The van der Waals surface area contributed by atoms with Crippen LogP contribution in [0.2, 0.25) is 0 Å². The first-order valence-electron chi connectivity index (χ1n) is 4.16. The van der Waals surface area contributed by atoms with Crippen molar-refractivity contribution in [3.05, 3.63) is 12.2 Å². The number of carbonyl (C=O) groups is 3. The third-order valence-corrected chi connectivity index (χ3v) is 1.52. The van der Waals surface area contributed by atoms with Gasteiger partial charge in [-0.15, -0.1) is 0 Å². The van der Waals surface area contributed by atoms with E-state index in [0.29, 0.717) is 6.42 Å². The molecule has 0 saturated heterocycles. The average Bonchev–Trinajstić information content (AvgIpc) is 2.03. The summed E-state index contributed by atoms with van der Waals surface area (Å²) < 4.78 is 0. The molecule has 0 aromatic carbocycles. The van der Waals surface area contributed by atoms with Gasteiger partial charge < -0.3 is 10.2 Å². The number of hydrogen-bond donors (Lipinski definition) is 2. The smallest absolute Gasteiger partial charge is 0.325 e. The Kier molecular flexibility index (Phi) is 5.21. The van der Waals surface area contributed by atoms with Crippen LogP contribution >= 0.6 is 0 Å². The summed E-state index contributed by atoms with van der Waals surface area (Å²) >= 11 is 0. The zero-order valence-corrected chi connectivity index (χ0v) is 7.77. The second-order valence-electron chi connectivity index (χ2n) is 2.70. The molecular weight excluding hydrogens is 188 g/mol. The van der Waals surface area contributed by atoms with Crippen LogP contribution in [0.25, 0.3) is 0 Å². The molecule has 0 rings (SSSR count). The quantitative estimate of drug-likeness (QED) is 0.486. The molecule has 0 bridgehead atoms. The van der Waals surface area contributed by atoms with Gasteiger partial charge in [0, 0.05) is 0 Å². The van der Waals surface area contributed by atoms with E-state index in [2.05, 4.69) is 0 Å². The predicted octanol–water partition coefficient (Wildman–Crippen LogP) is 0.697. The van der Waals surface area contributed by atoms with Crippen molar-refractivity contribution in [2.24, 2.45) is 5.92 Å². The van der Waals surface area contributed by atoms with Gasteiger partial charge in [-0.2, -0.15) is 0 Å². The van der Waals surface area contributed by atoms with Gasteiger partial charge >= 0.3 is 11.9 Å². The van der Waals surface area contributed by atoms with Gasteiger partial charge in [-0.05, 0) is 12.5 Å². The number of aliphatic carboxylic acids is 2. The standard InChI is InChI=1S/C9H12O5/c1-2-3-4-5-6(10)7(8(11)12)9(13)14/h4-5,7H,2-3H2,1H3,(H,11,12)(H,13,14)/b5-4+. The van der Waals surface area contributed by atoms with Crippen molar-refractivity contribution < 1.29 is 24.6 Å². The third kappa shape index (κ3) is 3.84. The lowest BCUT2D eigenvalue weighted by atomic mass is 10.0. The first-order chi connectivity index (χ1) is 6.50. The number of ketones is 1. The van der Waals surface area contributed by atoms with Gasteiger partial charge in [-0.3, -0.25) is 14.4 Å². The third-order valence-electron chi connectivity index (χ3n) is 1.52.